The molecule has 0 aliphatic heterocycles. The lowest BCUT2D eigenvalue weighted by atomic mass is 9.88. The molecule has 6 heteroatoms. The van der Waals surface area contributed by atoms with Crippen molar-refractivity contribution in [1.29, 1.82) is 0 Å². The molecule has 0 saturated carbocycles. The second kappa shape index (κ2) is 7.13. The zero-order valence-electron chi connectivity index (χ0n) is 13.9. The van der Waals surface area contributed by atoms with Crippen LogP contribution in [-0.4, -0.2) is 33.2 Å². The van der Waals surface area contributed by atoms with Gasteiger partial charge in [-0.25, -0.2) is 14.4 Å². The highest BCUT2D eigenvalue weighted by Crippen LogP contribution is 2.36. The molecule has 0 aliphatic rings. The molecular formula is C21H14O6. The monoisotopic (exact) mass is 362 g/mol. The van der Waals surface area contributed by atoms with E-state index in [2.05, 4.69) is 0 Å². The Labute approximate surface area is 154 Å². The predicted molar refractivity (Wildman–Crippen MR) is 98.2 cm³/mol. The van der Waals surface area contributed by atoms with Crippen LogP contribution in [0, 0.1) is 0 Å². The molecule has 0 heterocycles. The van der Waals surface area contributed by atoms with E-state index in [0.717, 1.165) is 11.6 Å². The fourth-order valence-corrected chi connectivity index (χ4v) is 3.04. The van der Waals surface area contributed by atoms with Gasteiger partial charge in [-0.15, -0.1) is 0 Å². The third-order valence-electron chi connectivity index (χ3n) is 4.17. The van der Waals surface area contributed by atoms with Gasteiger partial charge in [0.15, 0.2) is 0 Å². The fourth-order valence-electron chi connectivity index (χ4n) is 3.04. The fraction of sp³-hybridized carbons (Fsp3) is 0. The highest BCUT2D eigenvalue weighted by atomic mass is 16.4. The zero-order valence-corrected chi connectivity index (χ0v) is 13.9. The topological polar surface area (TPSA) is 112 Å². The molecule has 0 bridgehead atoms. The molecule has 0 aliphatic carbocycles. The molecule has 0 amide bonds. The van der Waals surface area contributed by atoms with Crippen molar-refractivity contribution in [2.24, 2.45) is 0 Å². The molecule has 27 heavy (non-hydrogen) atoms. The first-order valence-corrected chi connectivity index (χ1v) is 7.93. The number of carbonyl (C=O) groups is 3. The van der Waals surface area contributed by atoms with E-state index in [1.54, 1.807) is 24.3 Å². The van der Waals surface area contributed by atoms with Gasteiger partial charge in [-0.3, -0.25) is 0 Å². The number of aromatic carboxylic acids is 3. The van der Waals surface area contributed by atoms with Gasteiger partial charge in [0.2, 0.25) is 0 Å². The van der Waals surface area contributed by atoms with Crippen molar-refractivity contribution < 1.29 is 29.7 Å². The highest BCUT2D eigenvalue weighted by molar-refractivity contribution is 6.13. The van der Waals surface area contributed by atoms with E-state index in [1.807, 2.05) is 30.3 Å². The lowest BCUT2D eigenvalue weighted by molar-refractivity contribution is 0.0633. The van der Waals surface area contributed by atoms with Crippen molar-refractivity contribution in [2.45, 2.75) is 0 Å². The molecule has 134 valence electrons. The minimum absolute atomic E-state index is 0.143. The summed E-state index contributed by atoms with van der Waals surface area (Å²) in [6.07, 6.45) is 0. The molecular weight excluding hydrogens is 348 g/mol. The van der Waals surface area contributed by atoms with E-state index in [4.69, 9.17) is 0 Å². The van der Waals surface area contributed by atoms with Crippen molar-refractivity contribution in [2.75, 3.05) is 0 Å². The summed E-state index contributed by atoms with van der Waals surface area (Å²) in [4.78, 5) is 34.9. The molecule has 3 aromatic carbocycles. The third-order valence-corrected chi connectivity index (χ3v) is 4.17. The van der Waals surface area contributed by atoms with E-state index in [-0.39, 0.29) is 5.56 Å². The summed E-state index contributed by atoms with van der Waals surface area (Å²) in [7, 11) is 0. The van der Waals surface area contributed by atoms with Crippen LogP contribution in [0.15, 0.2) is 66.7 Å². The first kappa shape index (κ1) is 17.9. The Morgan fingerprint density at radius 1 is 0.519 bits per heavy atom. The molecule has 3 N–H and O–H groups in total. The number of carboxylic acids is 3. The average Bonchev–Trinajstić information content (AvgIpc) is 2.67. The Balaban J connectivity index is 2.38. The Morgan fingerprint density at radius 3 is 1.63 bits per heavy atom. The van der Waals surface area contributed by atoms with Crippen molar-refractivity contribution >= 4 is 17.9 Å². The maximum absolute atomic E-state index is 11.9. The number of benzene rings is 3. The van der Waals surface area contributed by atoms with Gasteiger partial charge >= 0.3 is 17.9 Å². The Hall–Kier alpha value is -3.93. The molecule has 6 nitrogen and oxygen atoms in total. The molecule has 0 atom stereocenters. The van der Waals surface area contributed by atoms with Gasteiger partial charge in [-0.2, -0.15) is 0 Å². The van der Waals surface area contributed by atoms with Gasteiger partial charge in [-0.05, 0) is 28.3 Å². The minimum atomic E-state index is -1.61. The first-order valence-electron chi connectivity index (χ1n) is 7.93. The number of carboxylic acid groups (broad SMARTS) is 3. The van der Waals surface area contributed by atoms with Crippen molar-refractivity contribution in [3.8, 4) is 22.3 Å². The van der Waals surface area contributed by atoms with Crippen LogP contribution in [0.1, 0.15) is 31.1 Å². The number of rotatable bonds is 5. The van der Waals surface area contributed by atoms with Crippen LogP contribution >= 0.6 is 0 Å². The van der Waals surface area contributed by atoms with E-state index in [9.17, 15) is 29.7 Å². The van der Waals surface area contributed by atoms with E-state index in [0.29, 0.717) is 11.1 Å². The summed E-state index contributed by atoms with van der Waals surface area (Å²) in [6, 6.07) is 18.6. The normalized spacial score (nSPS) is 10.4. The van der Waals surface area contributed by atoms with Crippen LogP contribution in [-0.2, 0) is 0 Å². The Morgan fingerprint density at radius 2 is 1.07 bits per heavy atom. The van der Waals surface area contributed by atoms with Gasteiger partial charge in [0.05, 0.1) is 16.7 Å². The molecule has 3 aromatic rings. The smallest absolute Gasteiger partial charge is 0.337 e. The van der Waals surface area contributed by atoms with E-state index in [1.165, 1.54) is 6.07 Å². The van der Waals surface area contributed by atoms with Gasteiger partial charge in [0.1, 0.15) is 0 Å². The maximum atomic E-state index is 11.9. The molecule has 0 aromatic heterocycles. The Kier molecular flexibility index (Phi) is 4.72. The van der Waals surface area contributed by atoms with E-state index < -0.39 is 34.6 Å². The van der Waals surface area contributed by atoms with Gasteiger partial charge in [-0.1, -0.05) is 60.7 Å². The first-order chi connectivity index (χ1) is 12.9. The van der Waals surface area contributed by atoms with Crippen molar-refractivity contribution in [1.82, 2.24) is 0 Å². The highest BCUT2D eigenvalue weighted by Gasteiger charge is 2.28. The van der Waals surface area contributed by atoms with Crippen LogP contribution in [0.2, 0.25) is 0 Å². The summed E-state index contributed by atoms with van der Waals surface area (Å²) in [6.45, 7) is 0. The SMILES string of the molecule is O=C(O)c1ccc(-c2ccccc2-c2ccccc2)c(C(=O)O)c1C(=O)O. The quantitative estimate of drug-likeness (QED) is 0.629. The van der Waals surface area contributed by atoms with Crippen LogP contribution in [0.3, 0.4) is 0 Å². The summed E-state index contributed by atoms with van der Waals surface area (Å²) < 4.78 is 0. The summed E-state index contributed by atoms with van der Waals surface area (Å²) in [5, 5.41) is 28.4. The van der Waals surface area contributed by atoms with E-state index >= 15 is 0 Å². The maximum Gasteiger partial charge on any atom is 0.337 e. The van der Waals surface area contributed by atoms with Crippen LogP contribution in [0.25, 0.3) is 22.3 Å². The number of hydrogen-bond donors (Lipinski definition) is 3. The lowest BCUT2D eigenvalue weighted by Crippen LogP contribution is -2.16. The second-order valence-electron chi connectivity index (χ2n) is 5.74. The van der Waals surface area contributed by atoms with Gasteiger partial charge in [0.25, 0.3) is 0 Å². The van der Waals surface area contributed by atoms with Crippen LogP contribution in [0.4, 0.5) is 0 Å². The van der Waals surface area contributed by atoms with Gasteiger partial charge in [0, 0.05) is 0 Å². The zero-order chi connectivity index (χ0) is 19.6. The summed E-state index contributed by atoms with van der Waals surface area (Å²) in [5.41, 5.74) is 0.315. The largest absolute Gasteiger partial charge is 0.478 e. The summed E-state index contributed by atoms with van der Waals surface area (Å²) >= 11 is 0. The number of hydrogen-bond acceptors (Lipinski definition) is 3. The van der Waals surface area contributed by atoms with Crippen molar-refractivity contribution in [3.63, 3.8) is 0 Å². The minimum Gasteiger partial charge on any atom is -0.478 e. The molecule has 0 fully saturated rings. The van der Waals surface area contributed by atoms with Gasteiger partial charge < -0.3 is 15.3 Å². The Bertz CT molecular complexity index is 1050. The second-order valence-corrected chi connectivity index (χ2v) is 5.74. The molecule has 0 radical (unpaired) electrons. The lowest BCUT2D eigenvalue weighted by Gasteiger charge is -2.15. The molecule has 0 saturated heterocycles. The summed E-state index contributed by atoms with van der Waals surface area (Å²) in [5.74, 6) is -4.62. The molecule has 0 unspecified atom stereocenters. The van der Waals surface area contributed by atoms with Crippen LogP contribution in [0.5, 0.6) is 0 Å². The predicted octanol–water partition coefficient (Wildman–Crippen LogP) is 4.12. The standard InChI is InChI=1S/C21H14O6/c22-19(23)16-11-10-15(17(20(24)25)18(16)21(26)27)14-9-5-4-8-13(14)12-6-2-1-3-7-12/h1-11H,(H,22,23)(H,24,25)(H,26,27). The third kappa shape index (κ3) is 3.28. The van der Waals surface area contributed by atoms with Crippen LogP contribution < -0.4 is 0 Å². The average molecular weight is 362 g/mol. The van der Waals surface area contributed by atoms with Crippen molar-refractivity contribution in [3.05, 3.63) is 83.4 Å². The molecule has 0 spiro atoms. The molecule has 3 rings (SSSR count).